The fraction of sp³-hybridized carbons (Fsp3) is 0.375. The van der Waals surface area contributed by atoms with Gasteiger partial charge in [0.05, 0.1) is 30.0 Å². The van der Waals surface area contributed by atoms with Gasteiger partial charge in [0.15, 0.2) is 0 Å². The van der Waals surface area contributed by atoms with Crippen LogP contribution < -0.4 is 10.2 Å². The van der Waals surface area contributed by atoms with E-state index in [1.165, 1.54) is 0 Å². The van der Waals surface area contributed by atoms with Crippen molar-refractivity contribution in [1.29, 1.82) is 0 Å². The van der Waals surface area contributed by atoms with Gasteiger partial charge in [0, 0.05) is 0 Å². The van der Waals surface area contributed by atoms with Gasteiger partial charge in [-0.3, -0.25) is 19.8 Å². The number of para-hydroxylation sites is 1. The Morgan fingerprint density at radius 3 is 2.13 bits per heavy atom. The average molecular weight is 408 g/mol. The highest BCUT2D eigenvalue weighted by atomic mass is 16.6. The monoisotopic (exact) mass is 408 g/mol. The lowest BCUT2D eigenvalue weighted by atomic mass is 9.91. The van der Waals surface area contributed by atoms with Gasteiger partial charge in [0.1, 0.15) is 0 Å². The first kappa shape index (κ1) is 21.6. The topological polar surface area (TPSA) is 75.7 Å². The maximum absolute atomic E-state index is 13.1. The molecule has 1 N–H and O–H groups in total. The van der Waals surface area contributed by atoms with Crippen LogP contribution in [-0.2, 0) is 11.3 Å². The zero-order chi connectivity index (χ0) is 22.0. The molecule has 0 bridgehead atoms. The molecule has 3 rings (SSSR count). The van der Waals surface area contributed by atoms with Gasteiger partial charge in [-0.2, -0.15) is 0 Å². The molecule has 0 unspecified atom stereocenters. The molecule has 1 heterocycles. The van der Waals surface area contributed by atoms with Crippen LogP contribution in [0.2, 0.25) is 0 Å². The summed E-state index contributed by atoms with van der Waals surface area (Å²) in [6.07, 6.45) is -0.477. The van der Waals surface area contributed by atoms with Gasteiger partial charge in [-0.25, -0.2) is 4.79 Å². The van der Waals surface area contributed by atoms with Crippen molar-refractivity contribution in [2.45, 2.75) is 53.0 Å². The second kappa shape index (κ2) is 8.69. The van der Waals surface area contributed by atoms with Crippen LogP contribution in [0.3, 0.4) is 0 Å². The van der Waals surface area contributed by atoms with Gasteiger partial charge in [-0.1, -0.05) is 58.0 Å². The van der Waals surface area contributed by atoms with E-state index in [1.807, 2.05) is 18.2 Å². The summed E-state index contributed by atoms with van der Waals surface area (Å²) in [5, 5.41) is 2.34. The Hall–Kier alpha value is -3.15. The highest BCUT2D eigenvalue weighted by molar-refractivity contribution is 6.22. The number of carbonyl (C=O) groups excluding carboxylic acids is 3. The third kappa shape index (κ3) is 3.95. The maximum Gasteiger partial charge on any atom is 0.414 e. The minimum Gasteiger partial charge on any atom is -0.449 e. The Bertz CT molecular complexity index is 968. The van der Waals surface area contributed by atoms with E-state index in [9.17, 15) is 14.4 Å². The first-order valence-corrected chi connectivity index (χ1v) is 10.3. The number of anilines is 1. The summed E-state index contributed by atoms with van der Waals surface area (Å²) in [5.74, 6) is -0.482. The molecule has 158 valence electrons. The Kier molecular flexibility index (Phi) is 6.25. The highest BCUT2D eigenvalue weighted by Gasteiger charge is 2.32. The minimum absolute atomic E-state index is 0.131. The van der Waals surface area contributed by atoms with E-state index in [2.05, 4.69) is 33.0 Å². The standard InChI is InChI=1S/C24H28N2O4/c1-6-30-24(29)26(21-17(14(2)3)10-8-11-18(21)15(4)5)13-16-9-7-12-19-20(16)23(28)25-22(19)27/h7-12,14-15H,6,13H2,1-5H3,(H,25,27,28). The molecular formula is C24H28N2O4. The lowest BCUT2D eigenvalue weighted by Crippen LogP contribution is -2.34. The number of nitrogens with one attached hydrogen (secondary N) is 1. The van der Waals surface area contributed by atoms with Crippen LogP contribution in [0.1, 0.15) is 83.9 Å². The smallest absolute Gasteiger partial charge is 0.414 e. The summed E-state index contributed by atoms with van der Waals surface area (Å²) >= 11 is 0. The zero-order valence-electron chi connectivity index (χ0n) is 18.1. The van der Waals surface area contributed by atoms with Crippen LogP contribution in [0.25, 0.3) is 0 Å². The van der Waals surface area contributed by atoms with Crippen molar-refractivity contribution in [1.82, 2.24) is 5.32 Å². The van der Waals surface area contributed by atoms with E-state index in [0.717, 1.165) is 16.8 Å². The number of hydrogen-bond donors (Lipinski definition) is 1. The number of hydrogen-bond acceptors (Lipinski definition) is 4. The number of carbonyl (C=O) groups is 3. The molecule has 6 heteroatoms. The van der Waals surface area contributed by atoms with Crippen LogP contribution in [0.4, 0.5) is 10.5 Å². The van der Waals surface area contributed by atoms with Crippen LogP contribution in [0.5, 0.6) is 0 Å². The molecular weight excluding hydrogens is 380 g/mol. The summed E-state index contributed by atoms with van der Waals surface area (Å²) in [5.41, 5.74) is 4.14. The van der Waals surface area contributed by atoms with Gasteiger partial charge in [-0.15, -0.1) is 0 Å². The second-order valence-electron chi connectivity index (χ2n) is 8.00. The van der Waals surface area contributed by atoms with Crippen molar-refractivity contribution in [2.75, 3.05) is 11.5 Å². The Labute approximate surface area is 177 Å². The Morgan fingerprint density at radius 2 is 1.57 bits per heavy atom. The fourth-order valence-corrected chi connectivity index (χ4v) is 3.85. The van der Waals surface area contributed by atoms with E-state index >= 15 is 0 Å². The number of nitrogens with zero attached hydrogens (tertiary/aromatic N) is 1. The van der Waals surface area contributed by atoms with Gasteiger partial charge >= 0.3 is 6.09 Å². The van der Waals surface area contributed by atoms with Gasteiger partial charge in [0.25, 0.3) is 11.8 Å². The molecule has 2 aromatic carbocycles. The quantitative estimate of drug-likeness (QED) is 0.684. The van der Waals surface area contributed by atoms with Crippen LogP contribution in [0.15, 0.2) is 36.4 Å². The molecule has 1 aliphatic rings. The number of fused-ring (bicyclic) bond motifs is 1. The van der Waals surface area contributed by atoms with E-state index in [4.69, 9.17) is 4.74 Å². The molecule has 2 aromatic rings. The number of ether oxygens (including phenoxy) is 1. The van der Waals surface area contributed by atoms with Crippen LogP contribution in [0, 0.1) is 0 Å². The van der Waals surface area contributed by atoms with Crippen molar-refractivity contribution in [2.24, 2.45) is 0 Å². The molecule has 0 radical (unpaired) electrons. The molecule has 0 fully saturated rings. The maximum atomic E-state index is 13.1. The molecule has 0 spiro atoms. The molecule has 3 amide bonds. The molecule has 0 atom stereocenters. The summed E-state index contributed by atoms with van der Waals surface area (Å²) in [4.78, 5) is 39.1. The molecule has 30 heavy (non-hydrogen) atoms. The minimum atomic E-state index is -0.477. The first-order valence-electron chi connectivity index (χ1n) is 10.3. The van der Waals surface area contributed by atoms with E-state index in [-0.39, 0.29) is 25.0 Å². The van der Waals surface area contributed by atoms with Crippen molar-refractivity contribution >= 4 is 23.6 Å². The van der Waals surface area contributed by atoms with Gasteiger partial charge in [-0.05, 0) is 41.5 Å². The number of amides is 3. The summed E-state index contributed by atoms with van der Waals surface area (Å²) in [6.45, 7) is 10.5. The number of imide groups is 1. The molecule has 6 nitrogen and oxygen atoms in total. The largest absolute Gasteiger partial charge is 0.449 e. The second-order valence-corrected chi connectivity index (χ2v) is 8.00. The highest BCUT2D eigenvalue weighted by Crippen LogP contribution is 2.37. The lowest BCUT2D eigenvalue weighted by Gasteiger charge is -2.30. The summed E-state index contributed by atoms with van der Waals surface area (Å²) in [6, 6.07) is 11.2. The normalized spacial score (nSPS) is 12.9. The third-order valence-electron chi connectivity index (χ3n) is 5.28. The molecule has 0 saturated heterocycles. The SMILES string of the molecule is CCOC(=O)N(Cc1cccc2c1C(=O)NC2=O)c1c(C(C)C)cccc1C(C)C. The van der Waals surface area contributed by atoms with Crippen LogP contribution in [-0.4, -0.2) is 24.5 Å². The van der Waals surface area contributed by atoms with E-state index < -0.39 is 17.9 Å². The summed E-state index contributed by atoms with van der Waals surface area (Å²) in [7, 11) is 0. The number of benzene rings is 2. The van der Waals surface area contributed by atoms with Crippen molar-refractivity contribution in [3.63, 3.8) is 0 Å². The van der Waals surface area contributed by atoms with Crippen molar-refractivity contribution < 1.29 is 19.1 Å². The summed E-state index contributed by atoms with van der Waals surface area (Å²) < 4.78 is 5.39. The zero-order valence-corrected chi connectivity index (χ0v) is 18.1. The van der Waals surface area contributed by atoms with E-state index in [0.29, 0.717) is 16.7 Å². The average Bonchev–Trinajstić information content (AvgIpc) is 3.00. The van der Waals surface area contributed by atoms with Crippen LogP contribution >= 0.6 is 0 Å². The molecule has 0 saturated carbocycles. The predicted molar refractivity (Wildman–Crippen MR) is 116 cm³/mol. The third-order valence-corrected chi connectivity index (χ3v) is 5.28. The first-order chi connectivity index (χ1) is 14.3. The van der Waals surface area contributed by atoms with Gasteiger partial charge < -0.3 is 4.74 Å². The van der Waals surface area contributed by atoms with E-state index in [1.54, 1.807) is 30.0 Å². The Morgan fingerprint density at radius 1 is 0.967 bits per heavy atom. The van der Waals surface area contributed by atoms with Crippen molar-refractivity contribution in [3.05, 3.63) is 64.2 Å². The van der Waals surface area contributed by atoms with Crippen molar-refractivity contribution in [3.8, 4) is 0 Å². The number of rotatable bonds is 6. The molecule has 1 aliphatic heterocycles. The van der Waals surface area contributed by atoms with Gasteiger partial charge in [0.2, 0.25) is 0 Å². The molecule has 0 aromatic heterocycles. The predicted octanol–water partition coefficient (Wildman–Crippen LogP) is 4.98. The lowest BCUT2D eigenvalue weighted by molar-refractivity contribution is 0.0879. The fourth-order valence-electron chi connectivity index (χ4n) is 3.85. The Balaban J connectivity index is 2.18. The molecule has 0 aliphatic carbocycles.